The molecule has 2 rings (SSSR count). The minimum Gasteiger partial charge on any atom is -0.394 e. The van der Waals surface area contributed by atoms with Crippen molar-refractivity contribution in [3.05, 3.63) is 29.6 Å². The number of aliphatic hydroxyl groups excluding tert-OH is 1. The predicted molar refractivity (Wildman–Crippen MR) is 81.0 cm³/mol. The second-order valence-corrected chi connectivity index (χ2v) is 5.42. The van der Waals surface area contributed by atoms with E-state index in [4.69, 9.17) is 5.11 Å². The van der Waals surface area contributed by atoms with Gasteiger partial charge >= 0.3 is 0 Å². The number of carbonyl (C=O) groups is 2. The fraction of sp³-hybridized carbons (Fsp3) is 0.500. The molecule has 5 nitrogen and oxygen atoms in total. The highest BCUT2D eigenvalue weighted by molar-refractivity contribution is 5.97. The summed E-state index contributed by atoms with van der Waals surface area (Å²) in [7, 11) is 0. The van der Waals surface area contributed by atoms with Gasteiger partial charge < -0.3 is 15.3 Å². The molecule has 1 unspecified atom stereocenters. The van der Waals surface area contributed by atoms with Crippen LogP contribution in [0, 0.1) is 5.82 Å². The average molecular weight is 308 g/mol. The first-order valence-corrected chi connectivity index (χ1v) is 7.54. The summed E-state index contributed by atoms with van der Waals surface area (Å²) in [6, 6.07) is 4.09. The number of aliphatic hydroxyl groups is 1. The third-order valence-corrected chi connectivity index (χ3v) is 3.88. The third kappa shape index (κ3) is 3.82. The Morgan fingerprint density at radius 3 is 2.91 bits per heavy atom. The fourth-order valence-corrected chi connectivity index (χ4v) is 2.56. The summed E-state index contributed by atoms with van der Waals surface area (Å²) in [6.07, 6.45) is 1.65. The predicted octanol–water partition coefficient (Wildman–Crippen LogP) is 1.38. The fourth-order valence-electron chi connectivity index (χ4n) is 2.56. The molecule has 22 heavy (non-hydrogen) atoms. The van der Waals surface area contributed by atoms with Crippen molar-refractivity contribution in [3.63, 3.8) is 0 Å². The molecule has 1 aromatic carbocycles. The topological polar surface area (TPSA) is 69.6 Å². The Morgan fingerprint density at radius 1 is 1.45 bits per heavy atom. The maximum absolute atomic E-state index is 13.3. The van der Waals surface area contributed by atoms with E-state index >= 15 is 0 Å². The third-order valence-electron chi connectivity index (χ3n) is 3.88. The van der Waals surface area contributed by atoms with E-state index in [1.165, 1.54) is 17.0 Å². The molecule has 0 aliphatic carbocycles. The summed E-state index contributed by atoms with van der Waals surface area (Å²) in [5.41, 5.74) is 1.47. The smallest absolute Gasteiger partial charge is 0.227 e. The lowest BCUT2D eigenvalue weighted by Crippen LogP contribution is -2.41. The number of halogens is 1. The first-order chi connectivity index (χ1) is 10.5. The van der Waals surface area contributed by atoms with Crippen LogP contribution in [0.15, 0.2) is 18.2 Å². The second-order valence-electron chi connectivity index (χ2n) is 5.42. The van der Waals surface area contributed by atoms with Gasteiger partial charge in [0.15, 0.2) is 0 Å². The molecule has 2 amide bonds. The molecule has 0 spiro atoms. The molecule has 0 aromatic heterocycles. The van der Waals surface area contributed by atoms with Crippen LogP contribution < -0.4 is 10.2 Å². The summed E-state index contributed by atoms with van der Waals surface area (Å²) in [6.45, 7) is 2.03. The van der Waals surface area contributed by atoms with Crippen molar-refractivity contribution in [3.8, 4) is 0 Å². The van der Waals surface area contributed by atoms with Gasteiger partial charge in [0.05, 0.1) is 12.6 Å². The molecule has 0 bridgehead atoms. The second kappa shape index (κ2) is 7.35. The number of rotatable bonds is 6. The van der Waals surface area contributed by atoms with Crippen molar-refractivity contribution in [2.45, 2.75) is 38.6 Å². The van der Waals surface area contributed by atoms with Gasteiger partial charge in [-0.2, -0.15) is 0 Å². The lowest BCUT2D eigenvalue weighted by Gasteiger charge is -2.29. The monoisotopic (exact) mass is 308 g/mol. The normalized spacial score (nSPS) is 15.4. The van der Waals surface area contributed by atoms with E-state index < -0.39 is 0 Å². The van der Waals surface area contributed by atoms with Crippen LogP contribution in [0.3, 0.4) is 0 Å². The van der Waals surface area contributed by atoms with Gasteiger partial charge in [0, 0.05) is 25.1 Å². The first kappa shape index (κ1) is 16.4. The van der Waals surface area contributed by atoms with Crippen LogP contribution in [0.1, 0.15) is 31.7 Å². The Labute approximate surface area is 129 Å². The summed E-state index contributed by atoms with van der Waals surface area (Å²) >= 11 is 0. The molecule has 1 heterocycles. The van der Waals surface area contributed by atoms with Crippen molar-refractivity contribution in [1.82, 2.24) is 5.32 Å². The standard InChI is InChI=1S/C16H21FN2O3/c1-2-13(10-20)18-15(21)7-8-19-14-5-4-12(17)9-11(14)3-6-16(19)22/h4-5,9,13,20H,2-3,6-8,10H2,1H3,(H,18,21). The number of aryl methyl sites for hydroxylation is 1. The molecule has 1 aliphatic rings. The maximum Gasteiger partial charge on any atom is 0.227 e. The Hall–Kier alpha value is -1.95. The quantitative estimate of drug-likeness (QED) is 0.834. The molecule has 1 aromatic rings. The molecule has 120 valence electrons. The lowest BCUT2D eigenvalue weighted by molar-refractivity contribution is -0.122. The summed E-state index contributed by atoms with van der Waals surface area (Å²) in [4.78, 5) is 25.5. The van der Waals surface area contributed by atoms with Gasteiger partial charge in [-0.15, -0.1) is 0 Å². The van der Waals surface area contributed by atoms with E-state index in [1.54, 1.807) is 6.07 Å². The average Bonchev–Trinajstić information content (AvgIpc) is 2.51. The molecule has 0 saturated carbocycles. The molecule has 1 atom stereocenters. The van der Waals surface area contributed by atoms with Crippen LogP contribution in [0.4, 0.5) is 10.1 Å². The highest BCUT2D eigenvalue weighted by Crippen LogP contribution is 2.28. The molecular formula is C16H21FN2O3. The molecule has 0 fully saturated rings. The number of nitrogens with zero attached hydrogens (tertiary/aromatic N) is 1. The van der Waals surface area contributed by atoms with Gasteiger partial charge in [0.2, 0.25) is 11.8 Å². The highest BCUT2D eigenvalue weighted by atomic mass is 19.1. The number of hydrogen-bond acceptors (Lipinski definition) is 3. The van der Waals surface area contributed by atoms with Crippen molar-refractivity contribution < 1.29 is 19.1 Å². The zero-order valence-corrected chi connectivity index (χ0v) is 12.6. The molecule has 2 N–H and O–H groups in total. The summed E-state index contributed by atoms with van der Waals surface area (Å²) in [5, 5.41) is 11.8. The summed E-state index contributed by atoms with van der Waals surface area (Å²) < 4.78 is 13.3. The van der Waals surface area contributed by atoms with Crippen molar-refractivity contribution in [2.24, 2.45) is 0 Å². The van der Waals surface area contributed by atoms with Gasteiger partial charge in [0.1, 0.15) is 5.82 Å². The minimum atomic E-state index is -0.320. The van der Waals surface area contributed by atoms with Gasteiger partial charge in [-0.1, -0.05) is 6.92 Å². The number of fused-ring (bicyclic) bond motifs is 1. The van der Waals surface area contributed by atoms with Crippen molar-refractivity contribution in [1.29, 1.82) is 0 Å². The summed E-state index contributed by atoms with van der Waals surface area (Å²) in [5.74, 6) is -0.580. The Kier molecular flexibility index (Phi) is 5.49. The van der Waals surface area contributed by atoms with Crippen LogP contribution in [0.5, 0.6) is 0 Å². The Morgan fingerprint density at radius 2 is 2.23 bits per heavy atom. The van der Waals surface area contributed by atoms with E-state index in [9.17, 15) is 14.0 Å². The largest absolute Gasteiger partial charge is 0.394 e. The Balaban J connectivity index is 2.01. The lowest BCUT2D eigenvalue weighted by atomic mass is 10.0. The van der Waals surface area contributed by atoms with Gasteiger partial charge in [0.25, 0.3) is 0 Å². The van der Waals surface area contributed by atoms with Gasteiger partial charge in [-0.05, 0) is 36.6 Å². The van der Waals surface area contributed by atoms with Crippen LogP contribution in [0.2, 0.25) is 0 Å². The van der Waals surface area contributed by atoms with Crippen LogP contribution >= 0.6 is 0 Å². The number of nitrogens with one attached hydrogen (secondary N) is 1. The molecule has 0 radical (unpaired) electrons. The number of benzene rings is 1. The molecule has 0 saturated heterocycles. The van der Waals surface area contributed by atoms with E-state index in [2.05, 4.69) is 5.32 Å². The van der Waals surface area contributed by atoms with E-state index in [-0.39, 0.29) is 43.2 Å². The maximum atomic E-state index is 13.3. The number of carbonyl (C=O) groups excluding carboxylic acids is 2. The highest BCUT2D eigenvalue weighted by Gasteiger charge is 2.25. The number of hydrogen-bond donors (Lipinski definition) is 2. The van der Waals surface area contributed by atoms with E-state index in [0.717, 1.165) is 5.56 Å². The van der Waals surface area contributed by atoms with Crippen molar-refractivity contribution in [2.75, 3.05) is 18.1 Å². The van der Waals surface area contributed by atoms with Gasteiger partial charge in [-0.25, -0.2) is 4.39 Å². The number of anilines is 1. The molecular weight excluding hydrogens is 287 g/mol. The van der Waals surface area contributed by atoms with Crippen LogP contribution in [0.25, 0.3) is 0 Å². The zero-order chi connectivity index (χ0) is 16.1. The SMILES string of the molecule is CCC(CO)NC(=O)CCN1C(=O)CCc2cc(F)ccc21. The zero-order valence-electron chi connectivity index (χ0n) is 12.6. The molecule has 6 heteroatoms. The Bertz CT molecular complexity index is 558. The van der Waals surface area contributed by atoms with E-state index in [0.29, 0.717) is 24.9 Å². The van der Waals surface area contributed by atoms with Crippen LogP contribution in [-0.4, -0.2) is 36.1 Å². The first-order valence-electron chi connectivity index (χ1n) is 7.54. The molecule has 1 aliphatic heterocycles. The van der Waals surface area contributed by atoms with Crippen LogP contribution in [-0.2, 0) is 16.0 Å². The minimum absolute atomic E-state index is 0.0545. The van der Waals surface area contributed by atoms with E-state index in [1.807, 2.05) is 6.92 Å². The van der Waals surface area contributed by atoms with Gasteiger partial charge in [-0.3, -0.25) is 9.59 Å². The van der Waals surface area contributed by atoms with Crippen molar-refractivity contribution >= 4 is 17.5 Å². The number of amides is 2.